The first kappa shape index (κ1) is 19.5. The van der Waals surface area contributed by atoms with Gasteiger partial charge in [-0.2, -0.15) is 0 Å². The second kappa shape index (κ2) is 10.1. The maximum absolute atomic E-state index is 10.6. The van der Waals surface area contributed by atoms with Crippen molar-refractivity contribution in [1.29, 1.82) is 0 Å². The number of hydrogen-bond acceptors (Lipinski definition) is 2. The molecule has 6 heteroatoms. The number of carboxylic acids is 2. The van der Waals surface area contributed by atoms with E-state index in [-0.39, 0.29) is 33.7 Å². The van der Waals surface area contributed by atoms with Gasteiger partial charge in [0.15, 0.2) is 0 Å². The number of benzene rings is 1. The van der Waals surface area contributed by atoms with Crippen LogP contribution in [0.3, 0.4) is 0 Å². The first-order valence-corrected chi connectivity index (χ1v) is 5.73. The maximum Gasteiger partial charge on any atom is 0.335 e. The molecule has 1 aromatic carbocycles. The zero-order valence-corrected chi connectivity index (χ0v) is 13.2. The smallest absolute Gasteiger partial charge is 0.335 e. The number of carbonyl (C=O) groups is 2. The summed E-state index contributed by atoms with van der Waals surface area (Å²) in [5.41, 5.74) is 0.335. The molecule has 0 saturated heterocycles. The molecule has 0 bridgehead atoms. The Morgan fingerprint density at radius 2 is 1.50 bits per heavy atom. The van der Waals surface area contributed by atoms with Crippen LogP contribution in [0.2, 0.25) is 0 Å². The Balaban J connectivity index is 0. The van der Waals surface area contributed by atoms with Gasteiger partial charge in [-0.3, -0.25) is 0 Å². The Kier molecular flexibility index (Phi) is 10.9. The van der Waals surface area contributed by atoms with Gasteiger partial charge in [0.1, 0.15) is 0 Å². The third-order valence-corrected chi connectivity index (χ3v) is 2.50. The third kappa shape index (κ3) is 6.18. The Labute approximate surface area is 129 Å². The summed E-state index contributed by atoms with van der Waals surface area (Å²) in [6.07, 6.45) is 2.01. The predicted molar refractivity (Wildman–Crippen MR) is 65.7 cm³/mol. The number of hydrogen-bond donors (Lipinski definition) is 2. The van der Waals surface area contributed by atoms with E-state index in [0.29, 0.717) is 0 Å². The molecule has 0 atom stereocenters. The molecule has 0 unspecified atom stereocenters. The van der Waals surface area contributed by atoms with Crippen LogP contribution in [0.5, 0.6) is 0 Å². The minimum atomic E-state index is -1.11. The summed E-state index contributed by atoms with van der Waals surface area (Å²) in [7, 11) is 0. The van der Waals surface area contributed by atoms with Crippen molar-refractivity contribution in [2.24, 2.45) is 0 Å². The first-order chi connectivity index (χ1) is 7.95. The van der Waals surface area contributed by atoms with E-state index in [4.69, 9.17) is 10.2 Å². The molecule has 0 aliphatic rings. The molecule has 0 aliphatic carbocycles. The molecule has 2 N–H and O–H groups in total. The molecule has 0 aromatic heterocycles. The maximum atomic E-state index is 10.6. The average molecular weight is 325 g/mol. The number of halogens is 1. The van der Waals surface area contributed by atoms with Crippen LogP contribution in [0.15, 0.2) is 28.5 Å². The standard InChI is InChI=1S/C9H8O4.C3H5.BrH.Mg/c1-5-6(8(10)11)3-2-4-7(5)9(12)13;1-3-2;;/h2-4H,1H3,(H,10,11)(H,12,13);1,3H,2H3;1H;/q;;;+1/p-1. The van der Waals surface area contributed by atoms with Crippen molar-refractivity contribution in [2.45, 2.75) is 13.8 Å². The zero-order valence-electron chi connectivity index (χ0n) is 10.2. The van der Waals surface area contributed by atoms with Crippen LogP contribution in [0.1, 0.15) is 33.2 Å². The first-order valence-electron chi connectivity index (χ1n) is 4.92. The monoisotopic (exact) mass is 324 g/mol. The molecule has 0 saturated carbocycles. The van der Waals surface area contributed by atoms with E-state index in [1.54, 1.807) is 0 Å². The molecule has 0 fully saturated rings. The van der Waals surface area contributed by atoms with Gasteiger partial charge in [0.25, 0.3) is 0 Å². The van der Waals surface area contributed by atoms with Gasteiger partial charge in [0.2, 0.25) is 0 Å². The van der Waals surface area contributed by atoms with Gasteiger partial charge in [-0.05, 0) is 24.6 Å². The molecule has 0 spiro atoms. The van der Waals surface area contributed by atoms with Gasteiger partial charge in [-0.15, -0.1) is 0 Å². The largest absolute Gasteiger partial charge is 1.00 e. The van der Waals surface area contributed by atoms with Crippen molar-refractivity contribution in [1.82, 2.24) is 0 Å². The van der Waals surface area contributed by atoms with Gasteiger partial charge in [-0.25, -0.2) is 9.59 Å². The van der Waals surface area contributed by atoms with Gasteiger partial charge in [0.05, 0.1) is 11.1 Å². The van der Waals surface area contributed by atoms with Crippen LogP contribution in [0.4, 0.5) is 0 Å². The van der Waals surface area contributed by atoms with Crippen molar-refractivity contribution in [2.75, 3.05) is 0 Å². The molecule has 18 heavy (non-hydrogen) atoms. The fourth-order valence-electron chi connectivity index (χ4n) is 1.10. The quantitative estimate of drug-likeness (QED) is 0.690. The molecule has 0 aliphatic heterocycles. The van der Waals surface area contributed by atoms with Crippen molar-refractivity contribution in [3.8, 4) is 0 Å². The molecule has 0 radical (unpaired) electrons. The molecular weight excluding hydrogens is 312 g/mol. The van der Waals surface area contributed by atoms with Crippen LogP contribution >= 0.6 is 0 Å². The molecule has 94 valence electrons. The van der Waals surface area contributed by atoms with Crippen molar-refractivity contribution < 1.29 is 36.8 Å². The van der Waals surface area contributed by atoms with Gasteiger partial charge in [0, 0.05) is 0 Å². The van der Waals surface area contributed by atoms with E-state index in [1.165, 1.54) is 25.1 Å². The summed E-state index contributed by atoms with van der Waals surface area (Å²) in [5.74, 6) is -2.22. The molecule has 0 heterocycles. The second-order valence-electron chi connectivity index (χ2n) is 3.16. The van der Waals surface area contributed by atoms with Crippen LogP contribution in [-0.4, -0.2) is 43.9 Å². The van der Waals surface area contributed by atoms with E-state index in [0.717, 1.165) is 0 Å². The van der Waals surface area contributed by atoms with Crippen LogP contribution in [0, 0.1) is 6.92 Å². The molecule has 1 rings (SSSR count). The SMILES string of the molecule is CC=[CH][Mg+].Cc1c(C(=O)O)cccc1C(=O)O.[Br-]. The number of aromatic carboxylic acids is 2. The number of rotatable bonds is 2. The van der Waals surface area contributed by atoms with E-state index in [2.05, 4.69) is 0 Å². The molecule has 4 nitrogen and oxygen atoms in total. The number of carboxylic acid groups (broad SMARTS) is 2. The van der Waals surface area contributed by atoms with Gasteiger partial charge < -0.3 is 27.2 Å². The van der Waals surface area contributed by atoms with Gasteiger partial charge >= 0.3 is 50.9 Å². The Morgan fingerprint density at radius 3 is 1.72 bits per heavy atom. The zero-order chi connectivity index (χ0) is 13.4. The summed E-state index contributed by atoms with van der Waals surface area (Å²) < 4.78 is 2.03. The summed E-state index contributed by atoms with van der Waals surface area (Å²) in [4.78, 5) is 21.2. The Morgan fingerprint density at radius 1 is 1.17 bits per heavy atom. The molecule has 0 amide bonds. The fourth-order valence-corrected chi connectivity index (χ4v) is 1.10. The van der Waals surface area contributed by atoms with Crippen LogP contribution in [-0.2, 0) is 0 Å². The normalized spacial score (nSPS) is 9.11. The third-order valence-electron chi connectivity index (χ3n) is 2.03. The average Bonchev–Trinajstić information content (AvgIpc) is 2.29. The summed E-state index contributed by atoms with van der Waals surface area (Å²) in [6, 6.07) is 4.17. The van der Waals surface area contributed by atoms with Crippen molar-refractivity contribution in [3.63, 3.8) is 0 Å². The second-order valence-corrected chi connectivity index (χ2v) is 3.63. The summed E-state index contributed by atoms with van der Waals surface area (Å²) >= 11 is 1.84. The van der Waals surface area contributed by atoms with Gasteiger partial charge in [-0.1, -0.05) is 6.07 Å². The van der Waals surface area contributed by atoms with E-state index < -0.39 is 11.9 Å². The predicted octanol–water partition coefficient (Wildman–Crippen LogP) is -0.916. The van der Waals surface area contributed by atoms with Crippen molar-refractivity contribution in [3.05, 3.63) is 45.2 Å². The Bertz CT molecular complexity index is 407. The topological polar surface area (TPSA) is 74.6 Å². The minimum Gasteiger partial charge on any atom is -1.00 e. The van der Waals surface area contributed by atoms with Crippen molar-refractivity contribution >= 4 is 33.6 Å². The fraction of sp³-hybridized carbons (Fsp3) is 0.167. The van der Waals surface area contributed by atoms with E-state index in [9.17, 15) is 9.59 Å². The summed E-state index contributed by atoms with van der Waals surface area (Å²) in [5, 5.41) is 17.4. The Hall–Kier alpha value is -0.854. The molecule has 1 aromatic rings. The van der Waals surface area contributed by atoms with Crippen LogP contribution in [0.25, 0.3) is 0 Å². The minimum absolute atomic E-state index is 0. The molecular formula is C12H13BrMgO4. The van der Waals surface area contributed by atoms with E-state index >= 15 is 0 Å². The van der Waals surface area contributed by atoms with E-state index in [1.807, 2.05) is 38.9 Å². The van der Waals surface area contributed by atoms with Crippen LogP contribution < -0.4 is 17.0 Å². The number of allylic oxidation sites excluding steroid dienone is 1. The summed E-state index contributed by atoms with van der Waals surface area (Å²) in [6.45, 7) is 3.49.